The summed E-state index contributed by atoms with van der Waals surface area (Å²) >= 11 is 0. The molecule has 0 radical (unpaired) electrons. The number of rotatable bonds is 3. The number of hydrogen-bond donors (Lipinski definition) is 3. The van der Waals surface area contributed by atoms with Crippen LogP contribution in [0.25, 0.3) is 10.9 Å². The van der Waals surface area contributed by atoms with Gasteiger partial charge >= 0.3 is 6.03 Å². The summed E-state index contributed by atoms with van der Waals surface area (Å²) < 4.78 is 13.0. The highest BCUT2D eigenvalue weighted by Crippen LogP contribution is 2.19. The average Bonchev–Trinajstić information content (AvgIpc) is 2.60. The molecule has 0 fully saturated rings. The van der Waals surface area contributed by atoms with Gasteiger partial charge in [0, 0.05) is 23.6 Å². The lowest BCUT2D eigenvalue weighted by Crippen LogP contribution is -2.30. The van der Waals surface area contributed by atoms with Crippen molar-refractivity contribution in [2.45, 2.75) is 6.42 Å². The predicted octanol–water partition coefficient (Wildman–Crippen LogP) is 1.52. The summed E-state index contributed by atoms with van der Waals surface area (Å²) in [7, 11) is 0. The second-order valence-corrected chi connectivity index (χ2v) is 3.54. The SMILES string of the molecule is NC(=O)NCCc1c[nH]c2ccc(F)cc12. The molecule has 0 aliphatic carbocycles. The number of benzene rings is 1. The summed E-state index contributed by atoms with van der Waals surface area (Å²) in [6.07, 6.45) is 2.43. The lowest BCUT2D eigenvalue weighted by molar-refractivity contribution is 0.249. The Labute approximate surface area is 91.6 Å². The second-order valence-electron chi connectivity index (χ2n) is 3.54. The van der Waals surface area contributed by atoms with Crippen molar-refractivity contribution < 1.29 is 9.18 Å². The van der Waals surface area contributed by atoms with Gasteiger partial charge in [-0.1, -0.05) is 0 Å². The van der Waals surface area contributed by atoms with Gasteiger partial charge in [0.1, 0.15) is 5.82 Å². The fourth-order valence-electron chi connectivity index (χ4n) is 1.68. The van der Waals surface area contributed by atoms with Crippen LogP contribution in [-0.2, 0) is 6.42 Å². The number of nitrogens with two attached hydrogens (primary N) is 1. The minimum absolute atomic E-state index is 0.267. The molecule has 1 aromatic carbocycles. The molecule has 0 unspecified atom stereocenters. The average molecular weight is 221 g/mol. The van der Waals surface area contributed by atoms with Gasteiger partial charge in [-0.25, -0.2) is 9.18 Å². The summed E-state index contributed by atoms with van der Waals surface area (Å²) in [6.45, 7) is 0.443. The van der Waals surface area contributed by atoms with Gasteiger partial charge in [-0.15, -0.1) is 0 Å². The first kappa shape index (κ1) is 10.5. The Bertz CT molecular complexity index is 521. The number of hydrogen-bond acceptors (Lipinski definition) is 1. The minimum Gasteiger partial charge on any atom is -0.361 e. The Morgan fingerprint density at radius 3 is 3.06 bits per heavy atom. The zero-order chi connectivity index (χ0) is 11.5. The van der Waals surface area contributed by atoms with Crippen LogP contribution in [0.5, 0.6) is 0 Å². The number of nitrogens with one attached hydrogen (secondary N) is 2. The van der Waals surface area contributed by atoms with Crippen molar-refractivity contribution in [2.75, 3.05) is 6.54 Å². The van der Waals surface area contributed by atoms with Gasteiger partial charge in [0.2, 0.25) is 0 Å². The summed E-state index contributed by atoms with van der Waals surface area (Å²) in [5.74, 6) is -0.267. The molecule has 0 saturated heterocycles. The molecule has 1 aromatic heterocycles. The summed E-state index contributed by atoms with van der Waals surface area (Å²) in [6, 6.07) is 4.02. The Kier molecular flexibility index (Phi) is 2.76. The van der Waals surface area contributed by atoms with E-state index in [0.29, 0.717) is 13.0 Å². The molecule has 0 bridgehead atoms. The number of primary amides is 1. The second kappa shape index (κ2) is 4.22. The molecule has 0 spiro atoms. The maximum absolute atomic E-state index is 13.0. The normalized spacial score (nSPS) is 10.6. The van der Waals surface area contributed by atoms with Crippen LogP contribution in [0.1, 0.15) is 5.56 Å². The van der Waals surface area contributed by atoms with Gasteiger partial charge < -0.3 is 16.0 Å². The molecule has 84 valence electrons. The molecule has 2 aromatic rings. The van der Waals surface area contributed by atoms with Gasteiger partial charge in [-0.05, 0) is 30.2 Å². The van der Waals surface area contributed by atoms with Crippen LogP contribution in [-0.4, -0.2) is 17.6 Å². The predicted molar refractivity (Wildman–Crippen MR) is 59.5 cm³/mol. The van der Waals surface area contributed by atoms with Crippen molar-refractivity contribution in [1.82, 2.24) is 10.3 Å². The molecule has 16 heavy (non-hydrogen) atoms. The van der Waals surface area contributed by atoms with E-state index in [9.17, 15) is 9.18 Å². The molecule has 0 aliphatic heterocycles. The molecular weight excluding hydrogens is 209 g/mol. The van der Waals surface area contributed by atoms with Gasteiger partial charge in [-0.3, -0.25) is 0 Å². The van der Waals surface area contributed by atoms with E-state index >= 15 is 0 Å². The molecule has 0 atom stereocenters. The Morgan fingerprint density at radius 2 is 2.31 bits per heavy atom. The van der Waals surface area contributed by atoms with E-state index in [1.165, 1.54) is 12.1 Å². The number of carbonyl (C=O) groups excluding carboxylic acids is 1. The van der Waals surface area contributed by atoms with E-state index in [0.717, 1.165) is 16.5 Å². The van der Waals surface area contributed by atoms with Gasteiger partial charge in [0.25, 0.3) is 0 Å². The lowest BCUT2D eigenvalue weighted by atomic mass is 10.1. The van der Waals surface area contributed by atoms with E-state index in [4.69, 9.17) is 5.73 Å². The molecule has 0 saturated carbocycles. The number of aromatic amines is 1. The van der Waals surface area contributed by atoms with Crippen molar-refractivity contribution in [3.05, 3.63) is 35.8 Å². The van der Waals surface area contributed by atoms with E-state index in [1.807, 2.05) is 6.20 Å². The van der Waals surface area contributed by atoms with E-state index in [-0.39, 0.29) is 5.82 Å². The summed E-state index contributed by atoms with van der Waals surface area (Å²) in [5, 5.41) is 3.33. The topological polar surface area (TPSA) is 70.9 Å². The monoisotopic (exact) mass is 221 g/mol. The Balaban J connectivity index is 2.17. The van der Waals surface area contributed by atoms with Gasteiger partial charge in [0.15, 0.2) is 0 Å². The molecule has 2 amide bonds. The first-order valence-electron chi connectivity index (χ1n) is 4.95. The quantitative estimate of drug-likeness (QED) is 0.722. The number of amides is 2. The molecular formula is C11H12FN3O. The highest BCUT2D eigenvalue weighted by atomic mass is 19.1. The molecule has 5 heteroatoms. The maximum atomic E-state index is 13.0. The molecule has 4 N–H and O–H groups in total. The molecule has 0 aliphatic rings. The van der Waals surface area contributed by atoms with Crippen LogP contribution in [0.3, 0.4) is 0 Å². The van der Waals surface area contributed by atoms with Crippen LogP contribution in [0.2, 0.25) is 0 Å². The molecule has 1 heterocycles. The maximum Gasteiger partial charge on any atom is 0.312 e. The Hall–Kier alpha value is -2.04. The van der Waals surface area contributed by atoms with Crippen LogP contribution in [0.15, 0.2) is 24.4 Å². The number of urea groups is 1. The summed E-state index contributed by atoms with van der Waals surface area (Å²) in [4.78, 5) is 13.5. The Morgan fingerprint density at radius 1 is 1.50 bits per heavy atom. The summed E-state index contributed by atoms with van der Waals surface area (Å²) in [5.41, 5.74) is 6.80. The molecule has 4 nitrogen and oxygen atoms in total. The lowest BCUT2D eigenvalue weighted by Gasteiger charge is -2.00. The fraction of sp³-hybridized carbons (Fsp3) is 0.182. The molecule has 2 rings (SSSR count). The van der Waals surface area contributed by atoms with Crippen molar-refractivity contribution in [2.24, 2.45) is 5.73 Å². The number of aromatic nitrogens is 1. The van der Waals surface area contributed by atoms with Crippen LogP contribution >= 0.6 is 0 Å². The third kappa shape index (κ3) is 2.13. The van der Waals surface area contributed by atoms with Crippen molar-refractivity contribution in [3.63, 3.8) is 0 Å². The third-order valence-electron chi connectivity index (χ3n) is 2.42. The van der Waals surface area contributed by atoms with Crippen LogP contribution in [0.4, 0.5) is 9.18 Å². The van der Waals surface area contributed by atoms with E-state index in [1.54, 1.807) is 6.07 Å². The third-order valence-corrected chi connectivity index (χ3v) is 2.42. The van der Waals surface area contributed by atoms with Crippen molar-refractivity contribution >= 4 is 16.9 Å². The van der Waals surface area contributed by atoms with Crippen LogP contribution in [0, 0.1) is 5.82 Å². The van der Waals surface area contributed by atoms with Crippen molar-refractivity contribution in [3.8, 4) is 0 Å². The van der Waals surface area contributed by atoms with Crippen LogP contribution < -0.4 is 11.1 Å². The highest BCUT2D eigenvalue weighted by molar-refractivity contribution is 5.83. The number of fused-ring (bicyclic) bond motifs is 1. The van der Waals surface area contributed by atoms with E-state index < -0.39 is 6.03 Å². The fourth-order valence-corrected chi connectivity index (χ4v) is 1.68. The largest absolute Gasteiger partial charge is 0.361 e. The zero-order valence-electron chi connectivity index (χ0n) is 8.59. The standard InChI is InChI=1S/C11H12FN3O/c12-8-1-2-10-9(5-8)7(6-15-10)3-4-14-11(13)16/h1-2,5-6,15H,3-4H2,(H3,13,14,16). The minimum atomic E-state index is -0.550. The zero-order valence-corrected chi connectivity index (χ0v) is 8.59. The smallest absolute Gasteiger partial charge is 0.312 e. The van der Waals surface area contributed by atoms with Gasteiger partial charge in [0.05, 0.1) is 0 Å². The number of halogens is 1. The first-order valence-corrected chi connectivity index (χ1v) is 4.95. The van der Waals surface area contributed by atoms with E-state index in [2.05, 4.69) is 10.3 Å². The van der Waals surface area contributed by atoms with Crippen molar-refractivity contribution in [1.29, 1.82) is 0 Å². The first-order chi connectivity index (χ1) is 7.66. The highest BCUT2D eigenvalue weighted by Gasteiger charge is 2.04. The van der Waals surface area contributed by atoms with Gasteiger partial charge in [-0.2, -0.15) is 0 Å². The number of H-pyrrole nitrogens is 1. The number of carbonyl (C=O) groups is 1.